The number of fused-ring (bicyclic) bond motifs is 5. The minimum atomic E-state index is -1.77. The summed E-state index contributed by atoms with van der Waals surface area (Å²) in [6.45, 7) is 19.3. The van der Waals surface area contributed by atoms with Gasteiger partial charge in [-0.2, -0.15) is 0 Å². The molecule has 2 nitrogen and oxygen atoms in total. The summed E-state index contributed by atoms with van der Waals surface area (Å²) >= 11 is 0. The maximum absolute atomic E-state index is 12.2. The molecule has 168 valence electrons. The third kappa shape index (κ3) is 3.25. The average molecular weight is 429 g/mol. The van der Waals surface area contributed by atoms with Crippen molar-refractivity contribution >= 4 is 14.1 Å². The predicted octanol–water partition coefficient (Wildman–Crippen LogP) is 7.46. The lowest BCUT2D eigenvalue weighted by molar-refractivity contribution is -0.116. The molecule has 4 rings (SSSR count). The molecule has 0 amide bonds. The monoisotopic (exact) mass is 428 g/mol. The highest BCUT2D eigenvalue weighted by Crippen LogP contribution is 2.66. The van der Waals surface area contributed by atoms with Gasteiger partial charge in [0, 0.05) is 6.42 Å². The van der Waals surface area contributed by atoms with Crippen LogP contribution in [0.15, 0.2) is 23.3 Å². The van der Waals surface area contributed by atoms with Crippen LogP contribution in [0.4, 0.5) is 0 Å². The zero-order valence-electron chi connectivity index (χ0n) is 20.7. The summed E-state index contributed by atoms with van der Waals surface area (Å²) < 4.78 is 7.09. The highest BCUT2D eigenvalue weighted by Gasteiger charge is 2.60. The van der Waals surface area contributed by atoms with Gasteiger partial charge < -0.3 is 4.43 Å². The molecule has 0 aliphatic heterocycles. The fraction of sp³-hybridized carbons (Fsp3) is 0.815. The number of rotatable bonds is 3. The third-order valence-corrected chi connectivity index (χ3v) is 14.8. The Bertz CT molecular complexity index is 785. The van der Waals surface area contributed by atoms with E-state index in [1.165, 1.54) is 31.3 Å². The molecule has 0 aromatic heterocycles. The minimum absolute atomic E-state index is 0.191. The summed E-state index contributed by atoms with van der Waals surface area (Å²) in [4.78, 5) is 12.2. The Kier molecular flexibility index (Phi) is 5.38. The Morgan fingerprint density at radius 2 is 1.77 bits per heavy atom. The fourth-order valence-electron chi connectivity index (χ4n) is 7.23. The van der Waals surface area contributed by atoms with Crippen molar-refractivity contribution in [2.24, 2.45) is 28.6 Å². The number of hydrogen-bond donors (Lipinski definition) is 0. The van der Waals surface area contributed by atoms with Gasteiger partial charge in [0.25, 0.3) is 0 Å². The van der Waals surface area contributed by atoms with Gasteiger partial charge in [-0.3, -0.25) is 4.79 Å². The van der Waals surface area contributed by atoms with Crippen molar-refractivity contribution in [3.8, 4) is 0 Å². The molecule has 30 heavy (non-hydrogen) atoms. The van der Waals surface area contributed by atoms with E-state index >= 15 is 0 Å². The molecule has 0 aromatic rings. The third-order valence-electron chi connectivity index (χ3n) is 10.3. The van der Waals surface area contributed by atoms with E-state index in [2.05, 4.69) is 60.7 Å². The molecule has 3 heteroatoms. The summed E-state index contributed by atoms with van der Waals surface area (Å²) in [7, 11) is -1.77. The molecule has 2 saturated carbocycles. The quantitative estimate of drug-likeness (QED) is 0.436. The molecule has 0 bridgehead atoms. The van der Waals surface area contributed by atoms with Gasteiger partial charge in [-0.05, 0) is 96.9 Å². The predicted molar refractivity (Wildman–Crippen MR) is 128 cm³/mol. The number of carbonyl (C=O) groups excluding carboxylic acids is 1. The van der Waals surface area contributed by atoms with E-state index < -0.39 is 8.32 Å². The van der Waals surface area contributed by atoms with Gasteiger partial charge in [0.1, 0.15) is 0 Å². The molecular formula is C27H44O2Si. The van der Waals surface area contributed by atoms with Crippen molar-refractivity contribution in [2.45, 2.75) is 111 Å². The van der Waals surface area contributed by atoms with Gasteiger partial charge in [0.2, 0.25) is 0 Å². The molecular weight excluding hydrogens is 384 g/mol. The molecule has 6 atom stereocenters. The number of carbonyl (C=O) groups is 1. The lowest BCUT2D eigenvalue weighted by Gasteiger charge is -2.58. The number of ketones is 1. The second-order valence-electron chi connectivity index (χ2n) is 12.8. The Morgan fingerprint density at radius 1 is 1.07 bits per heavy atom. The van der Waals surface area contributed by atoms with Crippen molar-refractivity contribution in [3.05, 3.63) is 23.3 Å². The van der Waals surface area contributed by atoms with Crippen LogP contribution in [0.1, 0.15) is 86.5 Å². The molecule has 0 aromatic carbocycles. The van der Waals surface area contributed by atoms with E-state index in [-0.39, 0.29) is 10.5 Å². The van der Waals surface area contributed by atoms with Crippen LogP contribution in [-0.4, -0.2) is 20.2 Å². The first-order valence-electron chi connectivity index (χ1n) is 12.5. The molecule has 0 spiro atoms. The van der Waals surface area contributed by atoms with Gasteiger partial charge in [0.15, 0.2) is 14.1 Å². The standard InChI is InChI=1S/C27H44O2Si/c1-9-18-16-19-17-20(28)12-14-26(19,5)22-13-15-27(6)21(24(18)22)10-11-23(27)29-30(7,8)25(2,3)4/h16-17,21-24H,9-15H2,1-8H3/t21-,22+,23?,24-,26-,27-/m0/s1. The van der Waals surface area contributed by atoms with E-state index in [4.69, 9.17) is 4.43 Å². The van der Waals surface area contributed by atoms with Crippen molar-refractivity contribution in [1.82, 2.24) is 0 Å². The van der Waals surface area contributed by atoms with Gasteiger partial charge >= 0.3 is 0 Å². The van der Waals surface area contributed by atoms with Crippen molar-refractivity contribution in [3.63, 3.8) is 0 Å². The Labute approximate surface area is 186 Å². The summed E-state index contributed by atoms with van der Waals surface area (Å²) in [5, 5.41) is 0.264. The molecule has 0 heterocycles. The molecule has 4 aliphatic rings. The van der Waals surface area contributed by atoms with Crippen LogP contribution in [0, 0.1) is 28.6 Å². The molecule has 1 unspecified atom stereocenters. The topological polar surface area (TPSA) is 26.3 Å². The van der Waals surface area contributed by atoms with E-state index in [1.54, 1.807) is 5.57 Å². The van der Waals surface area contributed by atoms with E-state index in [0.717, 1.165) is 25.2 Å². The van der Waals surface area contributed by atoms with E-state index in [9.17, 15) is 4.79 Å². The normalized spacial score (nSPS) is 41.5. The van der Waals surface area contributed by atoms with Crippen molar-refractivity contribution in [1.29, 1.82) is 0 Å². The van der Waals surface area contributed by atoms with Crippen LogP contribution in [0.25, 0.3) is 0 Å². The van der Waals surface area contributed by atoms with Crippen LogP contribution in [0.2, 0.25) is 18.1 Å². The molecule has 2 fully saturated rings. The minimum Gasteiger partial charge on any atom is -0.413 e. The number of allylic oxidation sites excluding steroid dienone is 4. The SMILES string of the molecule is CCC1=CC2=CC(=O)CC[C@]2(C)[C@@H]2CC[C@]3(C)C(O[Si](C)(C)C(C)(C)C)CC[C@H]3[C@H]12. The smallest absolute Gasteiger partial charge is 0.192 e. The van der Waals surface area contributed by atoms with Crippen LogP contribution >= 0.6 is 0 Å². The van der Waals surface area contributed by atoms with Crippen LogP contribution in [-0.2, 0) is 9.22 Å². The second-order valence-corrected chi connectivity index (χ2v) is 17.5. The van der Waals surface area contributed by atoms with Gasteiger partial charge in [0.05, 0.1) is 6.10 Å². The average Bonchev–Trinajstić information content (AvgIpc) is 2.97. The highest BCUT2D eigenvalue weighted by atomic mass is 28.4. The van der Waals surface area contributed by atoms with Crippen LogP contribution in [0.5, 0.6) is 0 Å². The zero-order chi connectivity index (χ0) is 22.1. The van der Waals surface area contributed by atoms with Gasteiger partial charge in [-0.1, -0.05) is 53.2 Å². The molecule has 0 radical (unpaired) electrons. The van der Waals surface area contributed by atoms with Crippen molar-refractivity contribution < 1.29 is 9.22 Å². The Morgan fingerprint density at radius 3 is 2.40 bits per heavy atom. The van der Waals surface area contributed by atoms with E-state index in [1.807, 2.05) is 6.08 Å². The fourth-order valence-corrected chi connectivity index (χ4v) is 8.68. The van der Waals surface area contributed by atoms with Crippen molar-refractivity contribution in [2.75, 3.05) is 0 Å². The van der Waals surface area contributed by atoms with Crippen LogP contribution in [0.3, 0.4) is 0 Å². The summed E-state index contributed by atoms with van der Waals surface area (Å²) in [6, 6.07) is 0. The summed E-state index contributed by atoms with van der Waals surface area (Å²) in [5.74, 6) is 2.43. The Hall–Kier alpha value is -0.673. The maximum Gasteiger partial charge on any atom is 0.192 e. The number of hydrogen-bond acceptors (Lipinski definition) is 2. The van der Waals surface area contributed by atoms with Crippen LogP contribution < -0.4 is 0 Å². The Balaban J connectivity index is 1.69. The first kappa shape index (κ1) is 22.5. The first-order chi connectivity index (χ1) is 13.8. The maximum atomic E-state index is 12.2. The second kappa shape index (κ2) is 7.17. The lowest BCUT2D eigenvalue weighted by atomic mass is 9.47. The molecule has 4 aliphatic carbocycles. The van der Waals surface area contributed by atoms with Gasteiger partial charge in [-0.15, -0.1) is 0 Å². The first-order valence-corrected chi connectivity index (χ1v) is 15.4. The zero-order valence-corrected chi connectivity index (χ0v) is 21.7. The summed E-state index contributed by atoms with van der Waals surface area (Å²) in [5.41, 5.74) is 3.44. The van der Waals surface area contributed by atoms with E-state index in [0.29, 0.717) is 29.1 Å². The largest absolute Gasteiger partial charge is 0.413 e. The molecule has 0 N–H and O–H groups in total. The summed E-state index contributed by atoms with van der Waals surface area (Å²) in [6.07, 6.45) is 12.8. The highest BCUT2D eigenvalue weighted by molar-refractivity contribution is 6.74. The lowest BCUT2D eigenvalue weighted by Crippen LogP contribution is -2.53. The molecule has 0 saturated heterocycles. The van der Waals surface area contributed by atoms with Gasteiger partial charge in [-0.25, -0.2) is 0 Å².